The Bertz CT molecular complexity index is 1180. The molecule has 3 aromatic rings. The molecule has 2 aliphatic rings. The van der Waals surface area contributed by atoms with Crippen LogP contribution in [0.5, 0.6) is 0 Å². The van der Waals surface area contributed by atoms with Gasteiger partial charge in [0.05, 0.1) is 11.1 Å². The van der Waals surface area contributed by atoms with E-state index >= 15 is 0 Å². The number of nitrogens with one attached hydrogen (secondary N) is 1. The van der Waals surface area contributed by atoms with E-state index in [1.54, 1.807) is 0 Å². The van der Waals surface area contributed by atoms with Gasteiger partial charge in [0.15, 0.2) is 0 Å². The van der Waals surface area contributed by atoms with E-state index in [4.69, 9.17) is 0 Å². The van der Waals surface area contributed by atoms with Crippen LogP contribution in [0.2, 0.25) is 0 Å². The fraction of sp³-hybridized carbons (Fsp3) is 0.250. The first-order valence-electron chi connectivity index (χ1n) is 10.3. The second kappa shape index (κ2) is 7.54. The van der Waals surface area contributed by atoms with Crippen LogP contribution in [0.25, 0.3) is 16.5 Å². The Morgan fingerprint density at radius 3 is 2.63 bits per heavy atom. The zero-order chi connectivity index (χ0) is 20.7. The molecular formula is C24H22FN3O2. The first-order valence-corrected chi connectivity index (χ1v) is 10.3. The summed E-state index contributed by atoms with van der Waals surface area (Å²) >= 11 is 0. The van der Waals surface area contributed by atoms with Crippen molar-refractivity contribution < 1.29 is 14.0 Å². The number of benzene rings is 2. The summed E-state index contributed by atoms with van der Waals surface area (Å²) in [5.74, 6) is -1.22. The Kier molecular flexibility index (Phi) is 4.71. The van der Waals surface area contributed by atoms with E-state index in [2.05, 4.69) is 40.4 Å². The van der Waals surface area contributed by atoms with Crippen LogP contribution in [0.15, 0.2) is 54.7 Å². The second-order valence-electron chi connectivity index (χ2n) is 7.83. The lowest BCUT2D eigenvalue weighted by Crippen LogP contribution is -2.35. The maximum Gasteiger partial charge on any atom is 0.261 e. The van der Waals surface area contributed by atoms with Gasteiger partial charge in [-0.15, -0.1) is 0 Å². The van der Waals surface area contributed by atoms with Crippen molar-refractivity contribution >= 4 is 28.3 Å². The number of hydrogen-bond donors (Lipinski definition) is 1. The number of amides is 2. The van der Waals surface area contributed by atoms with Crippen molar-refractivity contribution in [2.75, 3.05) is 26.2 Å². The molecule has 30 heavy (non-hydrogen) atoms. The highest BCUT2D eigenvalue weighted by Crippen LogP contribution is 2.29. The lowest BCUT2D eigenvalue weighted by molar-refractivity contribution is 0.0648. The van der Waals surface area contributed by atoms with Crippen LogP contribution in [0, 0.1) is 5.82 Å². The first-order chi connectivity index (χ1) is 14.6. The molecule has 0 unspecified atom stereocenters. The third kappa shape index (κ3) is 3.23. The molecule has 3 heterocycles. The summed E-state index contributed by atoms with van der Waals surface area (Å²) in [5, 5.41) is 1.25. The number of rotatable bonds is 5. The van der Waals surface area contributed by atoms with Crippen molar-refractivity contribution in [3.8, 4) is 0 Å². The molecule has 2 aromatic carbocycles. The van der Waals surface area contributed by atoms with E-state index < -0.39 is 11.7 Å². The fourth-order valence-corrected chi connectivity index (χ4v) is 4.41. The predicted molar refractivity (Wildman–Crippen MR) is 114 cm³/mol. The molecule has 1 aromatic heterocycles. The highest BCUT2D eigenvalue weighted by atomic mass is 19.1. The van der Waals surface area contributed by atoms with Gasteiger partial charge in [-0.05, 0) is 42.7 Å². The Morgan fingerprint density at radius 2 is 1.80 bits per heavy atom. The highest BCUT2D eigenvalue weighted by Gasteiger charge is 2.35. The Morgan fingerprint density at radius 1 is 0.967 bits per heavy atom. The molecule has 0 aliphatic carbocycles. The topological polar surface area (TPSA) is 56.4 Å². The van der Waals surface area contributed by atoms with Gasteiger partial charge >= 0.3 is 0 Å². The van der Waals surface area contributed by atoms with E-state index in [0.29, 0.717) is 18.5 Å². The summed E-state index contributed by atoms with van der Waals surface area (Å²) in [4.78, 5) is 31.8. The molecule has 0 bridgehead atoms. The van der Waals surface area contributed by atoms with Crippen LogP contribution >= 0.6 is 0 Å². The molecule has 0 saturated heterocycles. The van der Waals surface area contributed by atoms with Crippen molar-refractivity contribution in [2.24, 2.45) is 0 Å². The summed E-state index contributed by atoms with van der Waals surface area (Å²) in [6, 6.07) is 12.1. The van der Waals surface area contributed by atoms with Crippen molar-refractivity contribution in [3.05, 3.63) is 77.2 Å². The van der Waals surface area contributed by atoms with Gasteiger partial charge in [-0.1, -0.05) is 24.3 Å². The zero-order valence-electron chi connectivity index (χ0n) is 16.5. The summed E-state index contributed by atoms with van der Waals surface area (Å²) in [5.41, 5.74) is 4.24. The van der Waals surface area contributed by atoms with Crippen LogP contribution in [-0.2, 0) is 0 Å². The van der Waals surface area contributed by atoms with E-state index in [0.717, 1.165) is 37.6 Å². The van der Waals surface area contributed by atoms with Gasteiger partial charge in [0.25, 0.3) is 11.8 Å². The minimum absolute atomic E-state index is 0.171. The number of aromatic amines is 1. The summed E-state index contributed by atoms with van der Waals surface area (Å²) in [6.45, 7) is 2.95. The molecule has 1 N–H and O–H groups in total. The monoisotopic (exact) mass is 403 g/mol. The number of halogens is 1. The van der Waals surface area contributed by atoms with Gasteiger partial charge in [0.1, 0.15) is 5.82 Å². The molecule has 0 atom stereocenters. The molecule has 2 aliphatic heterocycles. The summed E-state index contributed by atoms with van der Waals surface area (Å²) < 4.78 is 13.4. The molecule has 2 amide bonds. The molecule has 6 heteroatoms. The number of carbonyl (C=O) groups is 2. The van der Waals surface area contributed by atoms with Gasteiger partial charge in [0.2, 0.25) is 0 Å². The van der Waals surface area contributed by atoms with E-state index in [-0.39, 0.29) is 11.5 Å². The molecule has 152 valence electrons. The average Bonchev–Trinajstić information content (AvgIpc) is 3.29. The van der Waals surface area contributed by atoms with Crippen molar-refractivity contribution in [2.45, 2.75) is 12.8 Å². The quantitative estimate of drug-likeness (QED) is 0.653. The smallest absolute Gasteiger partial charge is 0.261 e. The largest absolute Gasteiger partial charge is 0.361 e. The Hall–Kier alpha value is -3.25. The van der Waals surface area contributed by atoms with E-state index in [9.17, 15) is 14.0 Å². The maximum absolute atomic E-state index is 13.4. The molecule has 5 nitrogen and oxygen atoms in total. The van der Waals surface area contributed by atoms with Crippen LogP contribution < -0.4 is 0 Å². The van der Waals surface area contributed by atoms with Gasteiger partial charge in [0, 0.05) is 48.8 Å². The van der Waals surface area contributed by atoms with Gasteiger partial charge in [-0.3, -0.25) is 19.4 Å². The maximum atomic E-state index is 13.4. The number of imide groups is 1. The van der Waals surface area contributed by atoms with Gasteiger partial charge in [-0.25, -0.2) is 4.39 Å². The number of carbonyl (C=O) groups excluding carboxylic acids is 2. The third-order valence-electron chi connectivity index (χ3n) is 6.02. The van der Waals surface area contributed by atoms with Gasteiger partial charge < -0.3 is 4.98 Å². The minimum atomic E-state index is -0.497. The van der Waals surface area contributed by atoms with Crippen molar-refractivity contribution in [1.82, 2.24) is 14.8 Å². The fourth-order valence-electron chi connectivity index (χ4n) is 4.41. The van der Waals surface area contributed by atoms with E-state index in [1.807, 2.05) is 6.07 Å². The zero-order valence-corrected chi connectivity index (χ0v) is 16.5. The lowest BCUT2D eigenvalue weighted by atomic mass is 9.99. The van der Waals surface area contributed by atoms with Crippen LogP contribution in [0.4, 0.5) is 4.39 Å². The third-order valence-corrected chi connectivity index (χ3v) is 6.02. The van der Waals surface area contributed by atoms with Crippen LogP contribution in [-0.4, -0.2) is 52.8 Å². The standard InChI is InChI=1S/C24H22FN3O2/c25-17-6-7-19-20(14-17)24(30)28(23(19)29)11-3-10-27-12-8-16(9-13-27)21-15-26-22-5-2-1-4-18(21)22/h1-2,4-8,14-15,26H,3,9-13H2. The van der Waals surface area contributed by atoms with Crippen LogP contribution in [0.1, 0.15) is 39.1 Å². The molecule has 0 radical (unpaired) electrons. The predicted octanol–water partition coefficient (Wildman–Crippen LogP) is 4.08. The lowest BCUT2D eigenvalue weighted by Gasteiger charge is -2.27. The van der Waals surface area contributed by atoms with Crippen molar-refractivity contribution in [3.63, 3.8) is 0 Å². The Labute approximate surface area is 173 Å². The number of nitrogens with zero attached hydrogens (tertiary/aromatic N) is 2. The number of hydrogen-bond acceptors (Lipinski definition) is 3. The van der Waals surface area contributed by atoms with Crippen LogP contribution in [0.3, 0.4) is 0 Å². The van der Waals surface area contributed by atoms with E-state index in [1.165, 1.54) is 33.6 Å². The number of H-pyrrole nitrogens is 1. The molecule has 5 rings (SSSR count). The summed E-state index contributed by atoms with van der Waals surface area (Å²) in [6.07, 6.45) is 6.01. The number of fused-ring (bicyclic) bond motifs is 2. The SMILES string of the molecule is O=C1c2ccc(F)cc2C(=O)N1CCCN1CC=C(c2c[nH]c3ccccc23)CC1. The summed E-state index contributed by atoms with van der Waals surface area (Å²) in [7, 11) is 0. The second-order valence-corrected chi connectivity index (χ2v) is 7.83. The number of para-hydroxylation sites is 1. The first kappa shape index (κ1) is 18.8. The highest BCUT2D eigenvalue weighted by molar-refractivity contribution is 6.21. The molecule has 0 saturated carbocycles. The van der Waals surface area contributed by atoms with Gasteiger partial charge in [-0.2, -0.15) is 0 Å². The minimum Gasteiger partial charge on any atom is -0.361 e. The normalized spacial score (nSPS) is 17.0. The Balaban J connectivity index is 1.18. The molecule has 0 fully saturated rings. The average molecular weight is 403 g/mol. The van der Waals surface area contributed by atoms with Crippen molar-refractivity contribution in [1.29, 1.82) is 0 Å². The molecular weight excluding hydrogens is 381 g/mol. The molecule has 0 spiro atoms. The number of aromatic nitrogens is 1.